The van der Waals surface area contributed by atoms with E-state index in [1.54, 1.807) is 37.6 Å². The van der Waals surface area contributed by atoms with Crippen LogP contribution in [0.2, 0.25) is 0 Å². The number of nitrogens with one attached hydrogen (secondary N) is 1. The van der Waals surface area contributed by atoms with Crippen LogP contribution < -0.4 is 5.32 Å². The quantitative estimate of drug-likeness (QED) is 0.460. The number of rotatable bonds is 6. The number of nitrogens with zero attached hydrogens (tertiary/aromatic N) is 1. The van der Waals surface area contributed by atoms with Crippen molar-refractivity contribution in [3.05, 3.63) is 35.8 Å². The molecule has 1 aromatic rings. The van der Waals surface area contributed by atoms with Crippen molar-refractivity contribution >= 4 is 24.2 Å². The number of hydrogen-bond acceptors (Lipinski definition) is 5. The Morgan fingerprint density at radius 2 is 2.26 bits per heavy atom. The molecule has 0 aromatic carbocycles. The standard InChI is InChI=1S/C13H13N2O4/c1-2-19-13(18)8-12(17)15-11(9-16)7-10-5-3-4-6-14-10/h3-7H,2,8H2,1H3,(H,15,17)/b11-7+. The molecule has 6 nitrogen and oxygen atoms in total. The molecule has 1 rings (SSSR count). The fourth-order valence-corrected chi connectivity index (χ4v) is 1.24. The molecule has 1 heterocycles. The summed E-state index contributed by atoms with van der Waals surface area (Å²) in [5.41, 5.74) is 0.408. The van der Waals surface area contributed by atoms with Gasteiger partial charge in [-0.15, -0.1) is 0 Å². The van der Waals surface area contributed by atoms with E-state index in [2.05, 4.69) is 15.0 Å². The molecule has 0 unspecified atom stereocenters. The number of carbonyl (C=O) groups is 2. The maximum Gasteiger partial charge on any atom is 0.315 e. The van der Waals surface area contributed by atoms with Crippen LogP contribution in [-0.4, -0.2) is 29.8 Å². The van der Waals surface area contributed by atoms with Gasteiger partial charge in [-0.25, -0.2) is 0 Å². The minimum atomic E-state index is -0.650. The first-order valence-corrected chi connectivity index (χ1v) is 5.62. The number of hydrogen-bond donors (Lipinski definition) is 1. The Labute approximate surface area is 110 Å². The fraction of sp³-hybridized carbons (Fsp3) is 0.231. The summed E-state index contributed by atoms with van der Waals surface area (Å²) in [4.78, 5) is 37.2. The summed E-state index contributed by atoms with van der Waals surface area (Å²) in [5.74, 6) is -1.29. The molecule has 0 spiro atoms. The van der Waals surface area contributed by atoms with Gasteiger partial charge in [0.05, 0.1) is 18.0 Å². The highest BCUT2D eigenvalue weighted by molar-refractivity contribution is 5.98. The number of aromatic nitrogens is 1. The van der Waals surface area contributed by atoms with Crippen LogP contribution in [0.1, 0.15) is 19.0 Å². The van der Waals surface area contributed by atoms with Gasteiger partial charge in [-0.05, 0) is 25.1 Å². The summed E-state index contributed by atoms with van der Waals surface area (Å²) >= 11 is 0. The summed E-state index contributed by atoms with van der Waals surface area (Å²) < 4.78 is 4.62. The highest BCUT2D eigenvalue weighted by Crippen LogP contribution is 2.00. The van der Waals surface area contributed by atoms with Crippen LogP contribution in [0.25, 0.3) is 6.08 Å². The van der Waals surface area contributed by atoms with E-state index in [1.807, 2.05) is 0 Å². The Morgan fingerprint density at radius 1 is 1.47 bits per heavy atom. The Kier molecular flexibility index (Phi) is 5.94. The Morgan fingerprint density at radius 3 is 2.84 bits per heavy atom. The molecule has 0 saturated carbocycles. The van der Waals surface area contributed by atoms with E-state index in [1.165, 1.54) is 6.08 Å². The molecule has 0 aliphatic carbocycles. The van der Waals surface area contributed by atoms with Crippen LogP contribution in [0, 0.1) is 0 Å². The number of allylic oxidation sites excluding steroid dienone is 1. The monoisotopic (exact) mass is 261 g/mol. The third-order valence-corrected chi connectivity index (χ3v) is 1.97. The predicted molar refractivity (Wildman–Crippen MR) is 67.3 cm³/mol. The zero-order chi connectivity index (χ0) is 14.1. The largest absolute Gasteiger partial charge is 0.466 e. The van der Waals surface area contributed by atoms with Crippen LogP contribution >= 0.6 is 0 Å². The van der Waals surface area contributed by atoms with Crippen molar-refractivity contribution in [3.63, 3.8) is 0 Å². The minimum absolute atomic E-state index is 0.0898. The van der Waals surface area contributed by atoms with E-state index in [0.717, 1.165) is 0 Å². The summed E-state index contributed by atoms with van der Waals surface area (Å²) in [6.45, 7) is 1.84. The molecular weight excluding hydrogens is 248 g/mol. The fourth-order valence-electron chi connectivity index (χ4n) is 1.24. The van der Waals surface area contributed by atoms with Gasteiger partial charge in [0.25, 0.3) is 6.29 Å². The van der Waals surface area contributed by atoms with Crippen LogP contribution in [0.15, 0.2) is 30.1 Å². The van der Waals surface area contributed by atoms with Gasteiger partial charge in [0.1, 0.15) is 6.42 Å². The molecule has 0 fully saturated rings. The van der Waals surface area contributed by atoms with Crippen LogP contribution in [0.4, 0.5) is 0 Å². The zero-order valence-electron chi connectivity index (χ0n) is 10.4. The van der Waals surface area contributed by atoms with Crippen molar-refractivity contribution in [1.82, 2.24) is 10.3 Å². The van der Waals surface area contributed by atoms with Gasteiger partial charge in [0.15, 0.2) is 0 Å². The van der Waals surface area contributed by atoms with Crippen molar-refractivity contribution in [2.75, 3.05) is 6.61 Å². The molecule has 0 atom stereocenters. The lowest BCUT2D eigenvalue weighted by Gasteiger charge is -2.03. The van der Waals surface area contributed by atoms with Gasteiger partial charge in [0, 0.05) is 6.20 Å². The summed E-state index contributed by atoms with van der Waals surface area (Å²) in [6, 6.07) is 5.12. The minimum Gasteiger partial charge on any atom is -0.466 e. The van der Waals surface area contributed by atoms with Crippen molar-refractivity contribution in [2.45, 2.75) is 13.3 Å². The SMILES string of the molecule is CCOC(=O)CC(=O)N/C([C]=O)=C/c1ccccn1. The van der Waals surface area contributed by atoms with Gasteiger partial charge in [-0.3, -0.25) is 19.4 Å². The average molecular weight is 261 g/mol. The molecule has 0 saturated heterocycles. The van der Waals surface area contributed by atoms with Gasteiger partial charge >= 0.3 is 5.97 Å². The maximum absolute atomic E-state index is 11.4. The second kappa shape index (κ2) is 7.75. The third-order valence-electron chi connectivity index (χ3n) is 1.97. The molecule has 6 heteroatoms. The second-order valence-electron chi connectivity index (χ2n) is 3.44. The van der Waals surface area contributed by atoms with Gasteiger partial charge in [-0.2, -0.15) is 0 Å². The Hall–Kier alpha value is -2.50. The van der Waals surface area contributed by atoms with Gasteiger partial charge < -0.3 is 10.1 Å². The van der Waals surface area contributed by atoms with Crippen molar-refractivity contribution in [1.29, 1.82) is 0 Å². The average Bonchev–Trinajstić information content (AvgIpc) is 2.39. The molecule has 0 aliphatic rings. The smallest absolute Gasteiger partial charge is 0.315 e. The lowest BCUT2D eigenvalue weighted by molar-refractivity contribution is -0.145. The molecule has 0 aliphatic heterocycles. The second-order valence-corrected chi connectivity index (χ2v) is 3.44. The summed E-state index contributed by atoms with van der Waals surface area (Å²) in [6.07, 6.45) is 4.03. The molecule has 0 bridgehead atoms. The number of pyridine rings is 1. The molecule has 99 valence electrons. The molecule has 1 aromatic heterocycles. The first-order chi connectivity index (χ1) is 9.15. The van der Waals surface area contributed by atoms with E-state index in [9.17, 15) is 14.4 Å². The summed E-state index contributed by atoms with van der Waals surface area (Å²) in [7, 11) is 0. The zero-order valence-corrected chi connectivity index (χ0v) is 10.4. The Bertz CT molecular complexity index is 483. The molecule has 1 radical (unpaired) electrons. The van der Waals surface area contributed by atoms with E-state index in [-0.39, 0.29) is 12.3 Å². The normalized spacial score (nSPS) is 10.7. The van der Waals surface area contributed by atoms with Crippen molar-refractivity contribution in [2.24, 2.45) is 0 Å². The van der Waals surface area contributed by atoms with E-state index in [0.29, 0.717) is 5.69 Å². The van der Waals surface area contributed by atoms with E-state index < -0.39 is 18.3 Å². The molecular formula is C13H13N2O4. The van der Waals surface area contributed by atoms with Gasteiger partial charge in [0.2, 0.25) is 5.91 Å². The van der Waals surface area contributed by atoms with Crippen LogP contribution in [0.5, 0.6) is 0 Å². The van der Waals surface area contributed by atoms with Crippen molar-refractivity contribution in [3.8, 4) is 0 Å². The number of carbonyl (C=O) groups excluding carboxylic acids is 3. The third kappa shape index (κ3) is 5.58. The van der Waals surface area contributed by atoms with Crippen LogP contribution in [-0.2, 0) is 19.1 Å². The first kappa shape index (κ1) is 14.6. The first-order valence-electron chi connectivity index (χ1n) is 5.62. The van der Waals surface area contributed by atoms with Crippen molar-refractivity contribution < 1.29 is 19.1 Å². The number of esters is 1. The van der Waals surface area contributed by atoms with Crippen LogP contribution in [0.3, 0.4) is 0 Å². The molecule has 1 N–H and O–H groups in total. The lowest BCUT2D eigenvalue weighted by atomic mass is 10.3. The number of ether oxygens (including phenoxy) is 1. The van der Waals surface area contributed by atoms with E-state index in [4.69, 9.17) is 0 Å². The maximum atomic E-state index is 11.4. The molecule has 1 amide bonds. The highest BCUT2D eigenvalue weighted by Gasteiger charge is 2.11. The highest BCUT2D eigenvalue weighted by atomic mass is 16.5. The Balaban J connectivity index is 2.62. The van der Waals surface area contributed by atoms with E-state index >= 15 is 0 Å². The van der Waals surface area contributed by atoms with Gasteiger partial charge in [-0.1, -0.05) is 6.07 Å². The molecule has 19 heavy (non-hydrogen) atoms. The lowest BCUT2D eigenvalue weighted by Crippen LogP contribution is -2.26. The topological polar surface area (TPSA) is 85.4 Å². The predicted octanol–water partition coefficient (Wildman–Crippen LogP) is 0.602. The number of amides is 1. The summed E-state index contributed by atoms with van der Waals surface area (Å²) in [5, 5.41) is 2.26.